The first-order valence-corrected chi connectivity index (χ1v) is 16.6. The van der Waals surface area contributed by atoms with E-state index in [1.165, 1.54) is 0 Å². The molecule has 1 unspecified atom stereocenters. The van der Waals surface area contributed by atoms with Gasteiger partial charge in [0.05, 0.1) is 11.0 Å². The molecule has 1 atom stereocenters. The van der Waals surface area contributed by atoms with E-state index in [0.717, 1.165) is 56.8 Å². The summed E-state index contributed by atoms with van der Waals surface area (Å²) in [6.07, 6.45) is 6.88. The average molecular weight is 563 g/mol. The lowest BCUT2D eigenvalue weighted by Gasteiger charge is -2.42. The minimum atomic E-state index is -4.45. The van der Waals surface area contributed by atoms with Crippen molar-refractivity contribution in [1.82, 2.24) is 10.2 Å². The van der Waals surface area contributed by atoms with E-state index < -0.39 is 28.0 Å². The normalized spacial score (nSPS) is 30.4. The third kappa shape index (κ3) is 7.87. The molecule has 0 saturated heterocycles. The maximum absolute atomic E-state index is 13.6. The predicted molar refractivity (Wildman–Crippen MR) is 140 cm³/mol. The molecule has 0 aliphatic heterocycles. The van der Waals surface area contributed by atoms with Gasteiger partial charge in [-0.25, -0.2) is 8.42 Å². The van der Waals surface area contributed by atoms with E-state index in [1.807, 2.05) is 0 Å². The Morgan fingerprint density at radius 3 is 1.97 bits per heavy atom. The second-order valence-corrected chi connectivity index (χ2v) is 14.8. The van der Waals surface area contributed by atoms with Crippen molar-refractivity contribution in [2.24, 2.45) is 17.8 Å². The van der Waals surface area contributed by atoms with Gasteiger partial charge in [0, 0.05) is 24.4 Å². The Labute approximate surface area is 225 Å². The quantitative estimate of drug-likeness (QED) is 0.400. The molecule has 4 saturated carbocycles. The van der Waals surface area contributed by atoms with Crippen LogP contribution in [0.4, 0.5) is 13.2 Å². The molecule has 4 fully saturated rings. The summed E-state index contributed by atoms with van der Waals surface area (Å²) >= 11 is 0. The summed E-state index contributed by atoms with van der Waals surface area (Å²) in [6.45, 7) is 1.11. The summed E-state index contributed by atoms with van der Waals surface area (Å²) in [5, 5.41) is 2.82. The van der Waals surface area contributed by atoms with Crippen LogP contribution in [0.25, 0.3) is 0 Å². The van der Waals surface area contributed by atoms with Crippen molar-refractivity contribution in [2.75, 3.05) is 5.75 Å². The van der Waals surface area contributed by atoms with Crippen molar-refractivity contribution >= 4 is 21.7 Å². The minimum Gasteiger partial charge on any atom is -0.353 e. The number of halogens is 3. The number of hydrogen-bond acceptors (Lipinski definition) is 4. The highest BCUT2D eigenvalue weighted by molar-refractivity contribution is 7.92. The number of sulfone groups is 1. The van der Waals surface area contributed by atoms with Gasteiger partial charge in [-0.1, -0.05) is 19.3 Å². The number of alkyl halides is 3. The Hall–Kier alpha value is -1.32. The third-order valence-corrected chi connectivity index (χ3v) is 11.9. The molecule has 4 aliphatic rings. The van der Waals surface area contributed by atoms with Gasteiger partial charge in [0.25, 0.3) is 0 Å². The summed E-state index contributed by atoms with van der Waals surface area (Å²) in [5.74, 6) is 0.0216. The van der Waals surface area contributed by atoms with E-state index >= 15 is 0 Å². The summed E-state index contributed by atoms with van der Waals surface area (Å²) < 4.78 is 66.0. The Balaban J connectivity index is 1.21. The van der Waals surface area contributed by atoms with Gasteiger partial charge in [-0.15, -0.1) is 0 Å². The molecular formula is C28H45F3N2O4S. The number of nitrogens with zero attached hydrogens (tertiary/aromatic N) is 1. The van der Waals surface area contributed by atoms with Crippen LogP contribution in [-0.2, 0) is 19.4 Å². The van der Waals surface area contributed by atoms with Crippen LogP contribution in [0, 0.1) is 17.8 Å². The minimum absolute atomic E-state index is 0.0430. The highest BCUT2D eigenvalue weighted by atomic mass is 32.2. The second kappa shape index (κ2) is 12.5. The van der Waals surface area contributed by atoms with E-state index in [9.17, 15) is 31.2 Å². The first kappa shape index (κ1) is 29.7. The number of rotatable bonds is 9. The lowest BCUT2D eigenvalue weighted by Crippen LogP contribution is -2.55. The fraction of sp³-hybridized carbons (Fsp3) is 0.929. The van der Waals surface area contributed by atoms with Crippen molar-refractivity contribution in [3.63, 3.8) is 0 Å². The van der Waals surface area contributed by atoms with Crippen molar-refractivity contribution in [3.8, 4) is 0 Å². The Bertz CT molecular complexity index is 915. The van der Waals surface area contributed by atoms with Gasteiger partial charge in [0.15, 0.2) is 9.84 Å². The number of carbonyl (C=O) groups excluding carboxylic acids is 2. The summed E-state index contributed by atoms with van der Waals surface area (Å²) in [5.41, 5.74) is 0. The summed E-state index contributed by atoms with van der Waals surface area (Å²) in [4.78, 5) is 27.2. The van der Waals surface area contributed by atoms with E-state index in [4.69, 9.17) is 0 Å². The van der Waals surface area contributed by atoms with Gasteiger partial charge in [-0.2, -0.15) is 13.2 Å². The zero-order chi connectivity index (χ0) is 27.5. The summed E-state index contributed by atoms with van der Waals surface area (Å²) in [6, 6.07) is -2.19. The van der Waals surface area contributed by atoms with Gasteiger partial charge in [-0.3, -0.25) is 9.59 Å². The highest BCUT2D eigenvalue weighted by Gasteiger charge is 2.46. The molecule has 0 radical (unpaired) electrons. The summed E-state index contributed by atoms with van der Waals surface area (Å²) in [7, 11) is -3.03. The Morgan fingerprint density at radius 1 is 0.842 bits per heavy atom. The smallest absolute Gasteiger partial charge is 0.353 e. The molecule has 1 N–H and O–H groups in total. The molecule has 4 aliphatic carbocycles. The Morgan fingerprint density at radius 2 is 1.42 bits per heavy atom. The van der Waals surface area contributed by atoms with Crippen molar-refractivity contribution < 1.29 is 31.2 Å². The monoisotopic (exact) mass is 562 g/mol. The lowest BCUT2D eigenvalue weighted by molar-refractivity contribution is -0.194. The number of nitrogens with one attached hydrogen (secondary N) is 1. The van der Waals surface area contributed by atoms with Crippen molar-refractivity contribution in [2.45, 2.75) is 139 Å². The van der Waals surface area contributed by atoms with E-state index in [2.05, 4.69) is 5.32 Å². The van der Waals surface area contributed by atoms with Gasteiger partial charge in [-0.05, 0) is 95.8 Å². The maximum atomic E-state index is 13.6. The largest absolute Gasteiger partial charge is 0.408 e. The van der Waals surface area contributed by atoms with Crippen LogP contribution < -0.4 is 5.32 Å². The van der Waals surface area contributed by atoms with Crippen LogP contribution in [-0.4, -0.2) is 60.4 Å². The van der Waals surface area contributed by atoms with Crippen LogP contribution in [0.1, 0.15) is 110 Å². The van der Waals surface area contributed by atoms with Gasteiger partial charge < -0.3 is 10.2 Å². The van der Waals surface area contributed by atoms with Crippen molar-refractivity contribution in [1.29, 1.82) is 0 Å². The van der Waals surface area contributed by atoms with Crippen LogP contribution >= 0.6 is 0 Å². The zero-order valence-corrected chi connectivity index (χ0v) is 23.5. The van der Waals surface area contributed by atoms with Gasteiger partial charge in [0.2, 0.25) is 11.8 Å². The van der Waals surface area contributed by atoms with Crippen LogP contribution in [0.5, 0.6) is 0 Å². The second-order valence-electron chi connectivity index (χ2n) is 12.5. The van der Waals surface area contributed by atoms with E-state index in [0.29, 0.717) is 69.5 Å². The lowest BCUT2D eigenvalue weighted by atomic mass is 9.83. The molecule has 10 heteroatoms. The number of carbonyl (C=O) groups is 2. The molecule has 4 rings (SSSR count). The molecule has 0 aromatic heterocycles. The molecule has 0 bridgehead atoms. The molecule has 0 heterocycles. The molecular weight excluding hydrogens is 517 g/mol. The predicted octanol–water partition coefficient (Wildman–Crippen LogP) is 5.55. The van der Waals surface area contributed by atoms with Gasteiger partial charge >= 0.3 is 6.18 Å². The molecule has 0 aromatic carbocycles. The first-order chi connectivity index (χ1) is 17.9. The fourth-order valence-electron chi connectivity index (χ4n) is 6.89. The zero-order valence-electron chi connectivity index (χ0n) is 22.7. The van der Waals surface area contributed by atoms with Crippen LogP contribution in [0.15, 0.2) is 0 Å². The topological polar surface area (TPSA) is 83.6 Å². The number of hydrogen-bond donors (Lipinski definition) is 1. The third-order valence-electron chi connectivity index (χ3n) is 9.50. The molecule has 218 valence electrons. The standard InChI is InChI=1S/C28H45F3N2O4S/c1-19(28(29,30)31)33(24-5-3-2-4-6-24)27(35)22-11-13-23(14-12-22)32-26(34)17-20-9-15-25(16-10-20)38(36,37)18-21-7-8-21/h19-25H,2-18H2,1H3,(H,32,34). The fourth-order valence-corrected chi connectivity index (χ4v) is 9.15. The molecule has 0 spiro atoms. The van der Waals surface area contributed by atoms with E-state index in [1.54, 1.807) is 0 Å². The molecule has 2 amide bonds. The highest BCUT2D eigenvalue weighted by Crippen LogP contribution is 2.37. The van der Waals surface area contributed by atoms with Gasteiger partial charge in [0.1, 0.15) is 6.04 Å². The average Bonchev–Trinajstić information content (AvgIpc) is 3.68. The number of amides is 2. The van der Waals surface area contributed by atoms with E-state index in [-0.39, 0.29) is 35.1 Å². The maximum Gasteiger partial charge on any atom is 0.408 e. The van der Waals surface area contributed by atoms with Crippen molar-refractivity contribution in [3.05, 3.63) is 0 Å². The van der Waals surface area contributed by atoms with Crippen LogP contribution in [0.3, 0.4) is 0 Å². The Kier molecular flexibility index (Phi) is 9.73. The first-order valence-electron chi connectivity index (χ1n) is 14.8. The SMILES string of the molecule is CC(N(C(=O)C1CCC(NC(=O)CC2CCC(S(=O)(=O)CC3CC3)CC2)CC1)C1CCCCC1)C(F)(F)F. The molecule has 38 heavy (non-hydrogen) atoms. The molecule has 6 nitrogen and oxygen atoms in total. The molecule has 0 aromatic rings. The van der Waals surface area contributed by atoms with Crippen LogP contribution in [0.2, 0.25) is 0 Å².